The van der Waals surface area contributed by atoms with Crippen LogP contribution < -0.4 is 10.6 Å². The molecule has 0 spiro atoms. The van der Waals surface area contributed by atoms with E-state index in [9.17, 15) is 0 Å². The van der Waals surface area contributed by atoms with Crippen LogP contribution in [0.1, 0.15) is 45.9 Å². The highest BCUT2D eigenvalue weighted by molar-refractivity contribution is 7.99. The van der Waals surface area contributed by atoms with E-state index < -0.39 is 0 Å². The summed E-state index contributed by atoms with van der Waals surface area (Å²) >= 11 is 2.09. The number of nitrogens with zero attached hydrogens (tertiary/aromatic N) is 2. The first-order chi connectivity index (χ1) is 9.75. The largest absolute Gasteiger partial charge is 0.370 e. The molecule has 112 valence electrons. The Bertz CT molecular complexity index is 424. The molecule has 0 bridgehead atoms. The Hall–Kier alpha value is -0.970. The molecule has 2 unspecified atom stereocenters. The summed E-state index contributed by atoms with van der Waals surface area (Å²) in [5.41, 5.74) is 0. The summed E-state index contributed by atoms with van der Waals surface area (Å²) in [7, 11) is 0. The van der Waals surface area contributed by atoms with E-state index in [1.54, 1.807) is 0 Å². The first-order valence-electron chi connectivity index (χ1n) is 7.75. The maximum atomic E-state index is 4.60. The molecule has 1 fully saturated rings. The normalized spacial score (nSPS) is 21.9. The van der Waals surface area contributed by atoms with Gasteiger partial charge in [0, 0.05) is 30.3 Å². The van der Waals surface area contributed by atoms with Crippen molar-refractivity contribution in [1.29, 1.82) is 0 Å². The zero-order valence-electron chi connectivity index (χ0n) is 12.8. The highest BCUT2D eigenvalue weighted by Crippen LogP contribution is 2.31. The Morgan fingerprint density at radius 3 is 2.70 bits per heavy atom. The summed E-state index contributed by atoms with van der Waals surface area (Å²) in [6.07, 6.45) is 4.69. The van der Waals surface area contributed by atoms with Gasteiger partial charge >= 0.3 is 0 Å². The molecule has 1 saturated carbocycles. The Morgan fingerprint density at radius 1 is 1.20 bits per heavy atom. The number of thioether (sulfide) groups is 1. The van der Waals surface area contributed by atoms with Crippen molar-refractivity contribution in [2.45, 2.75) is 57.7 Å². The van der Waals surface area contributed by atoms with Crippen molar-refractivity contribution >= 4 is 23.4 Å². The third-order valence-corrected chi connectivity index (χ3v) is 4.82. The number of rotatable bonds is 7. The van der Waals surface area contributed by atoms with Crippen LogP contribution in [0.4, 0.5) is 11.6 Å². The molecule has 4 nitrogen and oxygen atoms in total. The quantitative estimate of drug-likeness (QED) is 0.805. The zero-order chi connectivity index (χ0) is 14.4. The van der Waals surface area contributed by atoms with Crippen LogP contribution in [0.3, 0.4) is 0 Å². The minimum Gasteiger partial charge on any atom is -0.370 e. The smallest absolute Gasteiger partial charge is 0.132 e. The molecule has 0 aliphatic heterocycles. The van der Waals surface area contributed by atoms with E-state index in [-0.39, 0.29) is 0 Å². The predicted molar refractivity (Wildman–Crippen MR) is 88.8 cm³/mol. The second-order valence-corrected chi connectivity index (χ2v) is 6.75. The van der Waals surface area contributed by atoms with E-state index in [0.717, 1.165) is 35.7 Å². The van der Waals surface area contributed by atoms with Gasteiger partial charge < -0.3 is 10.6 Å². The number of aromatic nitrogens is 2. The van der Waals surface area contributed by atoms with Crippen LogP contribution in [0.25, 0.3) is 0 Å². The summed E-state index contributed by atoms with van der Waals surface area (Å²) < 4.78 is 0. The first kappa shape index (κ1) is 15.4. The Kier molecular flexibility index (Phi) is 5.95. The fraction of sp³-hybridized carbons (Fsp3) is 0.733. The maximum Gasteiger partial charge on any atom is 0.132 e. The minimum atomic E-state index is 0.563. The van der Waals surface area contributed by atoms with Gasteiger partial charge in [-0.05, 0) is 31.9 Å². The van der Waals surface area contributed by atoms with E-state index >= 15 is 0 Å². The Morgan fingerprint density at radius 2 is 2.00 bits per heavy atom. The molecule has 2 N–H and O–H groups in total. The fourth-order valence-electron chi connectivity index (χ4n) is 2.67. The van der Waals surface area contributed by atoms with E-state index in [0.29, 0.717) is 6.04 Å². The lowest BCUT2D eigenvalue weighted by molar-refractivity contribution is 0.748. The molecule has 0 amide bonds. The van der Waals surface area contributed by atoms with E-state index in [4.69, 9.17) is 0 Å². The third-order valence-electron chi connectivity index (χ3n) is 3.59. The van der Waals surface area contributed by atoms with Gasteiger partial charge in [0.2, 0.25) is 0 Å². The van der Waals surface area contributed by atoms with Gasteiger partial charge in [-0.15, -0.1) is 0 Å². The number of hydrogen-bond donors (Lipinski definition) is 2. The number of nitrogens with one attached hydrogen (secondary N) is 2. The molecule has 2 rings (SSSR count). The van der Waals surface area contributed by atoms with Crippen LogP contribution in [-0.4, -0.2) is 33.6 Å². The monoisotopic (exact) mass is 294 g/mol. The van der Waals surface area contributed by atoms with Crippen molar-refractivity contribution in [3.63, 3.8) is 0 Å². The van der Waals surface area contributed by atoms with Gasteiger partial charge in [-0.2, -0.15) is 11.8 Å². The molecule has 1 aliphatic carbocycles. The Labute approximate surface area is 126 Å². The van der Waals surface area contributed by atoms with Gasteiger partial charge in [-0.3, -0.25) is 0 Å². The predicted octanol–water partition coefficient (Wildman–Crippen LogP) is 3.56. The second kappa shape index (κ2) is 7.72. The summed E-state index contributed by atoms with van der Waals surface area (Å²) in [5.74, 6) is 4.03. The molecule has 20 heavy (non-hydrogen) atoms. The average Bonchev–Trinajstić information content (AvgIpc) is 2.86. The van der Waals surface area contributed by atoms with Crippen molar-refractivity contribution in [3.05, 3.63) is 11.9 Å². The maximum absolute atomic E-state index is 4.60. The van der Waals surface area contributed by atoms with Crippen LogP contribution in [0, 0.1) is 0 Å². The first-order valence-corrected chi connectivity index (χ1v) is 8.80. The summed E-state index contributed by atoms with van der Waals surface area (Å²) in [4.78, 5) is 9.09. The lowest BCUT2D eigenvalue weighted by Crippen LogP contribution is -2.18. The van der Waals surface area contributed by atoms with Gasteiger partial charge in [-0.1, -0.05) is 13.8 Å². The number of aryl methyl sites for hydroxylation is 1. The fourth-order valence-corrected chi connectivity index (χ4v) is 3.81. The lowest BCUT2D eigenvalue weighted by Gasteiger charge is -2.15. The van der Waals surface area contributed by atoms with E-state index in [1.165, 1.54) is 25.0 Å². The highest BCUT2D eigenvalue weighted by atomic mass is 32.2. The molecule has 1 aromatic heterocycles. The van der Waals surface area contributed by atoms with Crippen molar-refractivity contribution in [2.24, 2.45) is 0 Å². The van der Waals surface area contributed by atoms with E-state index in [1.807, 2.05) is 6.07 Å². The second-order valence-electron chi connectivity index (χ2n) is 5.17. The molecule has 5 heteroatoms. The van der Waals surface area contributed by atoms with Crippen LogP contribution in [-0.2, 0) is 6.42 Å². The molecule has 0 radical (unpaired) electrons. The molecule has 2 atom stereocenters. The number of hydrogen-bond acceptors (Lipinski definition) is 5. The van der Waals surface area contributed by atoms with Crippen LogP contribution in [0.2, 0.25) is 0 Å². The van der Waals surface area contributed by atoms with Gasteiger partial charge in [0.25, 0.3) is 0 Å². The zero-order valence-corrected chi connectivity index (χ0v) is 13.6. The molecule has 1 heterocycles. The van der Waals surface area contributed by atoms with Crippen LogP contribution in [0.5, 0.6) is 0 Å². The molecule has 1 aliphatic rings. The minimum absolute atomic E-state index is 0.563. The molecular formula is C15H26N4S. The van der Waals surface area contributed by atoms with Crippen molar-refractivity contribution in [1.82, 2.24) is 9.97 Å². The topological polar surface area (TPSA) is 49.8 Å². The van der Waals surface area contributed by atoms with Crippen molar-refractivity contribution in [3.8, 4) is 0 Å². The number of anilines is 2. The van der Waals surface area contributed by atoms with Crippen LogP contribution >= 0.6 is 11.8 Å². The van der Waals surface area contributed by atoms with Gasteiger partial charge in [0.15, 0.2) is 0 Å². The molecule has 1 aromatic rings. The molecule has 0 saturated heterocycles. The van der Waals surface area contributed by atoms with Crippen molar-refractivity contribution in [2.75, 3.05) is 22.9 Å². The Balaban J connectivity index is 1.99. The van der Waals surface area contributed by atoms with Gasteiger partial charge in [0.05, 0.1) is 0 Å². The van der Waals surface area contributed by atoms with E-state index in [2.05, 4.69) is 53.1 Å². The molecule has 0 aromatic carbocycles. The average molecular weight is 294 g/mol. The van der Waals surface area contributed by atoms with Crippen LogP contribution in [0.15, 0.2) is 6.07 Å². The summed E-state index contributed by atoms with van der Waals surface area (Å²) in [6.45, 7) is 7.31. The standard InChI is InChI=1S/C15H26N4S/c1-4-13-18-14(16-5-2)10-15(19-13)17-11-7-8-12(9-11)20-6-3/h10-12H,4-9H2,1-3H3,(H2,16,17,18,19). The van der Waals surface area contributed by atoms with Gasteiger partial charge in [0.1, 0.15) is 17.5 Å². The van der Waals surface area contributed by atoms with Gasteiger partial charge in [-0.25, -0.2) is 9.97 Å². The highest BCUT2D eigenvalue weighted by Gasteiger charge is 2.24. The SMILES string of the molecule is CCNc1cc(NC2CCC(SCC)C2)nc(CC)n1. The van der Waals surface area contributed by atoms with Crippen molar-refractivity contribution < 1.29 is 0 Å². The molecular weight excluding hydrogens is 268 g/mol. The summed E-state index contributed by atoms with van der Waals surface area (Å²) in [6, 6.07) is 2.59. The third kappa shape index (κ3) is 4.27. The lowest BCUT2D eigenvalue weighted by atomic mass is 10.2. The summed E-state index contributed by atoms with van der Waals surface area (Å²) in [5, 5.41) is 7.70.